The maximum Gasteiger partial charge on any atom is 0.241 e. The third-order valence-electron chi connectivity index (χ3n) is 5.02. The first kappa shape index (κ1) is 15.0. The molecule has 2 aliphatic heterocycles. The third-order valence-corrected chi connectivity index (χ3v) is 5.02. The second-order valence-electron chi connectivity index (χ2n) is 6.52. The molecule has 0 bridgehead atoms. The lowest BCUT2D eigenvalue weighted by atomic mass is 9.73. The summed E-state index contributed by atoms with van der Waals surface area (Å²) < 4.78 is 0. The normalized spacial score (nSPS) is 27.6. The van der Waals surface area contributed by atoms with Crippen LogP contribution in [0.25, 0.3) is 0 Å². The Morgan fingerprint density at radius 2 is 2.09 bits per heavy atom. The standard InChI is InChI=1S/C17H23N3O2/c1-19(2)15(21)11-20-9-8-17(16(20)22)12-18-10-14(17)13-6-4-3-5-7-13/h3-7,14,18H,8-12H2,1-2H3/t14-,17+/m0/s1. The van der Waals surface area contributed by atoms with Gasteiger partial charge < -0.3 is 15.1 Å². The average Bonchev–Trinajstić information content (AvgIpc) is 3.08. The van der Waals surface area contributed by atoms with Crippen molar-refractivity contribution in [2.24, 2.45) is 5.41 Å². The quantitative estimate of drug-likeness (QED) is 0.893. The molecule has 0 radical (unpaired) electrons. The van der Waals surface area contributed by atoms with Gasteiger partial charge in [0.2, 0.25) is 11.8 Å². The van der Waals surface area contributed by atoms with E-state index in [2.05, 4.69) is 17.4 Å². The van der Waals surface area contributed by atoms with Crippen molar-refractivity contribution in [3.8, 4) is 0 Å². The van der Waals surface area contributed by atoms with Gasteiger partial charge in [0, 0.05) is 39.6 Å². The summed E-state index contributed by atoms with van der Waals surface area (Å²) in [5.41, 5.74) is 0.829. The molecule has 1 aromatic carbocycles. The number of nitrogens with zero attached hydrogens (tertiary/aromatic N) is 2. The highest BCUT2D eigenvalue weighted by Crippen LogP contribution is 2.46. The molecule has 2 saturated heterocycles. The number of carbonyl (C=O) groups excluding carboxylic acids is 2. The molecule has 0 aliphatic carbocycles. The highest BCUT2D eigenvalue weighted by Gasteiger charge is 2.54. The van der Waals surface area contributed by atoms with Gasteiger partial charge in [0.15, 0.2) is 0 Å². The summed E-state index contributed by atoms with van der Waals surface area (Å²) in [7, 11) is 3.45. The maximum atomic E-state index is 13.0. The highest BCUT2D eigenvalue weighted by molar-refractivity contribution is 5.90. The number of amides is 2. The smallest absolute Gasteiger partial charge is 0.241 e. The lowest BCUT2D eigenvalue weighted by molar-refractivity contribution is -0.141. The Bertz CT molecular complexity index is 573. The summed E-state index contributed by atoms with van der Waals surface area (Å²) in [6, 6.07) is 10.2. The predicted octanol–water partition coefficient (Wildman–Crippen LogP) is 0.680. The fraction of sp³-hybridized carbons (Fsp3) is 0.529. The number of likely N-dealkylation sites (N-methyl/N-ethyl adjacent to an activating group) is 1. The number of hydrogen-bond acceptors (Lipinski definition) is 3. The van der Waals surface area contributed by atoms with Crippen LogP contribution in [-0.2, 0) is 9.59 Å². The minimum absolute atomic E-state index is 0.0207. The molecular formula is C17H23N3O2. The van der Waals surface area contributed by atoms with Crippen LogP contribution >= 0.6 is 0 Å². The molecule has 5 heteroatoms. The molecule has 1 aromatic rings. The van der Waals surface area contributed by atoms with Gasteiger partial charge in [0.1, 0.15) is 0 Å². The Balaban J connectivity index is 1.81. The summed E-state index contributed by atoms with van der Waals surface area (Å²) in [5.74, 6) is 0.301. The number of carbonyl (C=O) groups is 2. The molecule has 1 spiro atoms. The summed E-state index contributed by atoms with van der Waals surface area (Å²) in [4.78, 5) is 28.2. The Morgan fingerprint density at radius 3 is 2.77 bits per heavy atom. The zero-order valence-corrected chi connectivity index (χ0v) is 13.2. The molecule has 5 nitrogen and oxygen atoms in total. The van der Waals surface area contributed by atoms with Crippen molar-refractivity contribution in [1.82, 2.24) is 15.1 Å². The molecule has 2 heterocycles. The van der Waals surface area contributed by atoms with E-state index < -0.39 is 0 Å². The van der Waals surface area contributed by atoms with Crippen molar-refractivity contribution < 1.29 is 9.59 Å². The molecular weight excluding hydrogens is 278 g/mol. The van der Waals surface area contributed by atoms with Crippen molar-refractivity contribution in [1.29, 1.82) is 0 Å². The first-order valence-electron chi connectivity index (χ1n) is 7.80. The van der Waals surface area contributed by atoms with E-state index in [1.165, 1.54) is 5.56 Å². The van der Waals surface area contributed by atoms with Gasteiger partial charge in [-0.15, -0.1) is 0 Å². The minimum Gasteiger partial charge on any atom is -0.347 e. The Hall–Kier alpha value is -1.88. The summed E-state index contributed by atoms with van der Waals surface area (Å²) in [6.45, 7) is 2.39. The van der Waals surface area contributed by atoms with Crippen LogP contribution in [0.4, 0.5) is 0 Å². The van der Waals surface area contributed by atoms with E-state index >= 15 is 0 Å². The van der Waals surface area contributed by atoms with Crippen LogP contribution in [-0.4, -0.2) is 61.9 Å². The van der Waals surface area contributed by atoms with Crippen LogP contribution in [0, 0.1) is 5.41 Å². The van der Waals surface area contributed by atoms with Crippen LogP contribution in [0.5, 0.6) is 0 Å². The van der Waals surface area contributed by atoms with Crippen LogP contribution in [0.2, 0.25) is 0 Å². The molecule has 3 rings (SSSR count). The summed E-state index contributed by atoms with van der Waals surface area (Å²) in [6.07, 6.45) is 0.819. The summed E-state index contributed by atoms with van der Waals surface area (Å²) >= 11 is 0. The van der Waals surface area contributed by atoms with E-state index in [9.17, 15) is 9.59 Å². The Morgan fingerprint density at radius 1 is 1.36 bits per heavy atom. The van der Waals surface area contributed by atoms with Crippen molar-refractivity contribution in [3.63, 3.8) is 0 Å². The zero-order valence-electron chi connectivity index (χ0n) is 13.2. The van der Waals surface area contributed by atoms with Crippen LogP contribution in [0.1, 0.15) is 17.9 Å². The van der Waals surface area contributed by atoms with E-state index in [-0.39, 0.29) is 29.7 Å². The van der Waals surface area contributed by atoms with E-state index in [0.29, 0.717) is 13.1 Å². The van der Waals surface area contributed by atoms with Gasteiger partial charge in [0.05, 0.1) is 12.0 Å². The molecule has 0 unspecified atom stereocenters. The number of nitrogens with one attached hydrogen (secondary N) is 1. The fourth-order valence-electron chi connectivity index (χ4n) is 3.68. The Labute approximate surface area is 131 Å². The van der Waals surface area contributed by atoms with Gasteiger partial charge in [-0.25, -0.2) is 0 Å². The van der Waals surface area contributed by atoms with Gasteiger partial charge in [0.25, 0.3) is 0 Å². The first-order valence-corrected chi connectivity index (χ1v) is 7.80. The van der Waals surface area contributed by atoms with E-state index in [4.69, 9.17) is 0 Å². The summed E-state index contributed by atoms with van der Waals surface area (Å²) in [5, 5.41) is 3.39. The Kier molecular flexibility index (Phi) is 3.91. The van der Waals surface area contributed by atoms with Crippen LogP contribution in [0.3, 0.4) is 0 Å². The van der Waals surface area contributed by atoms with Crippen LogP contribution in [0.15, 0.2) is 30.3 Å². The minimum atomic E-state index is -0.381. The molecule has 2 atom stereocenters. The lowest BCUT2D eigenvalue weighted by Crippen LogP contribution is -2.43. The third kappa shape index (κ3) is 2.39. The lowest BCUT2D eigenvalue weighted by Gasteiger charge is -2.29. The van der Waals surface area contributed by atoms with Gasteiger partial charge in [-0.3, -0.25) is 9.59 Å². The molecule has 118 valence electrons. The highest BCUT2D eigenvalue weighted by atomic mass is 16.2. The molecule has 2 amide bonds. The topological polar surface area (TPSA) is 52.7 Å². The molecule has 22 heavy (non-hydrogen) atoms. The largest absolute Gasteiger partial charge is 0.347 e. The van der Waals surface area contributed by atoms with Crippen molar-refractivity contribution in [2.75, 3.05) is 40.3 Å². The average molecular weight is 301 g/mol. The van der Waals surface area contributed by atoms with Crippen molar-refractivity contribution >= 4 is 11.8 Å². The van der Waals surface area contributed by atoms with E-state index in [1.807, 2.05) is 18.2 Å². The number of benzene rings is 1. The van der Waals surface area contributed by atoms with E-state index in [1.54, 1.807) is 23.9 Å². The monoisotopic (exact) mass is 301 g/mol. The van der Waals surface area contributed by atoms with E-state index in [0.717, 1.165) is 13.0 Å². The second kappa shape index (κ2) is 5.72. The first-order chi connectivity index (χ1) is 10.5. The van der Waals surface area contributed by atoms with Crippen molar-refractivity contribution in [3.05, 3.63) is 35.9 Å². The second-order valence-corrected chi connectivity index (χ2v) is 6.52. The zero-order chi connectivity index (χ0) is 15.7. The van der Waals surface area contributed by atoms with Gasteiger partial charge in [-0.1, -0.05) is 30.3 Å². The van der Waals surface area contributed by atoms with Crippen molar-refractivity contribution in [2.45, 2.75) is 12.3 Å². The van der Waals surface area contributed by atoms with Gasteiger partial charge >= 0.3 is 0 Å². The molecule has 1 N–H and O–H groups in total. The maximum absolute atomic E-state index is 13.0. The molecule has 2 aliphatic rings. The number of hydrogen-bond donors (Lipinski definition) is 1. The molecule has 2 fully saturated rings. The van der Waals surface area contributed by atoms with Crippen LogP contribution < -0.4 is 5.32 Å². The SMILES string of the molecule is CN(C)C(=O)CN1CC[C@]2(CNC[C@H]2c2ccccc2)C1=O. The molecule has 0 aromatic heterocycles. The predicted molar refractivity (Wildman–Crippen MR) is 84.4 cm³/mol. The molecule has 0 saturated carbocycles. The van der Waals surface area contributed by atoms with Gasteiger partial charge in [-0.2, -0.15) is 0 Å². The fourth-order valence-corrected chi connectivity index (χ4v) is 3.68. The number of rotatable bonds is 3. The number of likely N-dealkylation sites (tertiary alicyclic amines) is 1. The van der Waals surface area contributed by atoms with Gasteiger partial charge in [-0.05, 0) is 12.0 Å².